The summed E-state index contributed by atoms with van der Waals surface area (Å²) in [6.45, 7) is 0.903. The minimum atomic E-state index is -0.314. The van der Waals surface area contributed by atoms with Crippen molar-refractivity contribution in [2.45, 2.75) is 0 Å². The van der Waals surface area contributed by atoms with Crippen LogP contribution in [-0.4, -0.2) is 26.2 Å². The highest BCUT2D eigenvalue weighted by Crippen LogP contribution is 2.04. The van der Waals surface area contributed by atoms with Crippen molar-refractivity contribution in [1.29, 1.82) is 0 Å². The van der Waals surface area contributed by atoms with E-state index < -0.39 is 0 Å². The summed E-state index contributed by atoms with van der Waals surface area (Å²) in [4.78, 5) is 11.4. The SMILES string of the molecule is COCCNC(=O)/C(N)=C/Nc1ccccc1. The molecule has 0 radical (unpaired) electrons. The number of benzene rings is 1. The van der Waals surface area contributed by atoms with Gasteiger partial charge in [-0.15, -0.1) is 0 Å². The van der Waals surface area contributed by atoms with Gasteiger partial charge in [-0.2, -0.15) is 0 Å². The molecular weight excluding hydrogens is 218 g/mol. The quantitative estimate of drug-likeness (QED) is 0.500. The number of carbonyl (C=O) groups excluding carboxylic acids is 1. The van der Waals surface area contributed by atoms with Gasteiger partial charge in [0, 0.05) is 25.5 Å². The summed E-state index contributed by atoms with van der Waals surface area (Å²) in [5.74, 6) is -0.314. The van der Waals surface area contributed by atoms with Crippen LogP contribution in [0.4, 0.5) is 5.69 Å². The third kappa shape index (κ3) is 5.03. The smallest absolute Gasteiger partial charge is 0.268 e. The van der Waals surface area contributed by atoms with Gasteiger partial charge < -0.3 is 21.1 Å². The molecule has 1 aromatic carbocycles. The molecule has 0 saturated carbocycles. The maximum atomic E-state index is 11.4. The van der Waals surface area contributed by atoms with Gasteiger partial charge in [-0.1, -0.05) is 18.2 Å². The first-order chi connectivity index (χ1) is 8.24. The summed E-state index contributed by atoms with van der Waals surface area (Å²) in [5.41, 5.74) is 6.60. The van der Waals surface area contributed by atoms with E-state index in [9.17, 15) is 4.79 Å². The molecule has 0 atom stereocenters. The Morgan fingerprint density at radius 1 is 1.41 bits per heavy atom. The molecule has 0 spiro atoms. The van der Waals surface area contributed by atoms with Crippen molar-refractivity contribution in [2.75, 3.05) is 25.6 Å². The van der Waals surface area contributed by atoms with Gasteiger partial charge in [-0.25, -0.2) is 0 Å². The number of hydrogen-bond acceptors (Lipinski definition) is 4. The molecule has 4 N–H and O–H groups in total. The standard InChI is InChI=1S/C12H17N3O2/c1-17-8-7-14-12(16)11(13)9-15-10-5-3-2-4-6-10/h2-6,9,15H,7-8,13H2,1H3,(H,14,16)/b11-9-. The summed E-state index contributed by atoms with van der Waals surface area (Å²) in [5, 5.41) is 5.56. The Morgan fingerprint density at radius 3 is 2.76 bits per heavy atom. The van der Waals surface area contributed by atoms with Gasteiger partial charge in [0.2, 0.25) is 0 Å². The monoisotopic (exact) mass is 235 g/mol. The van der Waals surface area contributed by atoms with Crippen molar-refractivity contribution in [3.05, 3.63) is 42.2 Å². The fourth-order valence-electron chi connectivity index (χ4n) is 1.13. The number of anilines is 1. The van der Waals surface area contributed by atoms with Crippen LogP contribution in [0.3, 0.4) is 0 Å². The summed E-state index contributed by atoms with van der Waals surface area (Å²) in [6, 6.07) is 9.46. The van der Waals surface area contributed by atoms with Crippen LogP contribution < -0.4 is 16.4 Å². The Labute approximate surface area is 101 Å². The van der Waals surface area contributed by atoms with Gasteiger partial charge in [0.1, 0.15) is 5.70 Å². The van der Waals surface area contributed by atoms with Crippen LogP contribution in [0.25, 0.3) is 0 Å². The fourth-order valence-corrected chi connectivity index (χ4v) is 1.13. The lowest BCUT2D eigenvalue weighted by atomic mass is 10.3. The lowest BCUT2D eigenvalue weighted by Gasteiger charge is -2.05. The molecule has 0 aliphatic heterocycles. The lowest BCUT2D eigenvalue weighted by molar-refractivity contribution is -0.117. The van der Waals surface area contributed by atoms with Crippen molar-refractivity contribution in [3.8, 4) is 0 Å². The van der Waals surface area contributed by atoms with Crippen molar-refractivity contribution in [2.24, 2.45) is 5.73 Å². The van der Waals surface area contributed by atoms with Crippen LogP contribution >= 0.6 is 0 Å². The predicted octanol–water partition coefficient (Wildman–Crippen LogP) is 0.661. The van der Waals surface area contributed by atoms with Crippen molar-refractivity contribution >= 4 is 11.6 Å². The molecule has 0 aromatic heterocycles. The fraction of sp³-hybridized carbons (Fsp3) is 0.250. The number of methoxy groups -OCH3 is 1. The van der Waals surface area contributed by atoms with E-state index in [1.54, 1.807) is 7.11 Å². The van der Waals surface area contributed by atoms with E-state index in [4.69, 9.17) is 10.5 Å². The third-order valence-corrected chi connectivity index (χ3v) is 2.02. The molecule has 0 aliphatic rings. The topological polar surface area (TPSA) is 76.4 Å². The van der Waals surface area contributed by atoms with E-state index in [1.165, 1.54) is 6.20 Å². The number of rotatable bonds is 6. The number of hydrogen-bond donors (Lipinski definition) is 3. The Kier molecular flexibility index (Phi) is 5.60. The number of nitrogens with two attached hydrogens (primary N) is 1. The maximum absolute atomic E-state index is 11.4. The van der Waals surface area contributed by atoms with E-state index >= 15 is 0 Å². The molecule has 1 amide bonds. The normalized spacial score (nSPS) is 11.0. The Bertz CT molecular complexity index is 377. The van der Waals surface area contributed by atoms with Crippen LogP contribution in [0.1, 0.15) is 0 Å². The number of carbonyl (C=O) groups is 1. The van der Waals surface area contributed by atoms with E-state index in [-0.39, 0.29) is 11.6 Å². The average molecular weight is 235 g/mol. The number of nitrogens with one attached hydrogen (secondary N) is 2. The first-order valence-corrected chi connectivity index (χ1v) is 5.28. The molecule has 1 rings (SSSR count). The Hall–Kier alpha value is -2.01. The second-order valence-electron chi connectivity index (χ2n) is 3.36. The Morgan fingerprint density at radius 2 is 2.12 bits per heavy atom. The van der Waals surface area contributed by atoms with Crippen LogP contribution in [0.5, 0.6) is 0 Å². The molecule has 92 valence electrons. The van der Waals surface area contributed by atoms with Gasteiger partial charge in [-0.3, -0.25) is 4.79 Å². The second-order valence-corrected chi connectivity index (χ2v) is 3.36. The highest BCUT2D eigenvalue weighted by atomic mass is 16.5. The molecule has 0 fully saturated rings. The molecule has 17 heavy (non-hydrogen) atoms. The molecule has 0 saturated heterocycles. The van der Waals surface area contributed by atoms with Gasteiger partial charge in [0.15, 0.2) is 0 Å². The molecule has 5 heteroatoms. The second kappa shape index (κ2) is 7.29. The zero-order valence-corrected chi connectivity index (χ0v) is 9.77. The highest BCUT2D eigenvalue weighted by Gasteiger charge is 2.03. The first-order valence-electron chi connectivity index (χ1n) is 5.28. The van der Waals surface area contributed by atoms with E-state index in [0.717, 1.165) is 5.69 Å². The molecule has 0 unspecified atom stereocenters. The van der Waals surface area contributed by atoms with Crippen molar-refractivity contribution in [3.63, 3.8) is 0 Å². The molecule has 1 aromatic rings. The van der Waals surface area contributed by atoms with Crippen LogP contribution in [0.15, 0.2) is 42.2 Å². The van der Waals surface area contributed by atoms with Gasteiger partial charge in [0.05, 0.1) is 6.61 Å². The predicted molar refractivity (Wildman–Crippen MR) is 67.2 cm³/mol. The maximum Gasteiger partial charge on any atom is 0.268 e. The zero-order chi connectivity index (χ0) is 12.5. The summed E-state index contributed by atoms with van der Waals surface area (Å²) >= 11 is 0. The largest absolute Gasteiger partial charge is 0.393 e. The summed E-state index contributed by atoms with van der Waals surface area (Å²) in [7, 11) is 1.57. The minimum absolute atomic E-state index is 0.130. The van der Waals surface area contributed by atoms with Crippen LogP contribution in [0, 0.1) is 0 Å². The average Bonchev–Trinajstić information content (AvgIpc) is 2.37. The number of amides is 1. The van der Waals surface area contributed by atoms with E-state index in [0.29, 0.717) is 13.2 Å². The summed E-state index contributed by atoms with van der Waals surface area (Å²) in [6.07, 6.45) is 1.47. The zero-order valence-electron chi connectivity index (χ0n) is 9.77. The third-order valence-electron chi connectivity index (χ3n) is 2.02. The Balaban J connectivity index is 2.41. The number of para-hydroxylation sites is 1. The number of ether oxygens (including phenoxy) is 1. The molecular formula is C12H17N3O2. The molecule has 0 heterocycles. The first kappa shape index (κ1) is 13.1. The molecule has 0 bridgehead atoms. The van der Waals surface area contributed by atoms with Crippen LogP contribution in [-0.2, 0) is 9.53 Å². The van der Waals surface area contributed by atoms with Crippen LogP contribution in [0.2, 0.25) is 0 Å². The van der Waals surface area contributed by atoms with Gasteiger partial charge in [-0.05, 0) is 12.1 Å². The van der Waals surface area contributed by atoms with Gasteiger partial charge in [0.25, 0.3) is 5.91 Å². The van der Waals surface area contributed by atoms with E-state index in [1.807, 2.05) is 30.3 Å². The molecule has 0 aliphatic carbocycles. The van der Waals surface area contributed by atoms with Crippen molar-refractivity contribution in [1.82, 2.24) is 5.32 Å². The highest BCUT2D eigenvalue weighted by molar-refractivity contribution is 5.92. The van der Waals surface area contributed by atoms with E-state index in [2.05, 4.69) is 10.6 Å². The van der Waals surface area contributed by atoms with Crippen molar-refractivity contribution < 1.29 is 9.53 Å². The molecule has 5 nitrogen and oxygen atoms in total. The van der Waals surface area contributed by atoms with Gasteiger partial charge >= 0.3 is 0 Å². The minimum Gasteiger partial charge on any atom is -0.393 e. The lowest BCUT2D eigenvalue weighted by Crippen LogP contribution is -2.31. The summed E-state index contributed by atoms with van der Waals surface area (Å²) < 4.78 is 4.81.